The second-order valence-corrected chi connectivity index (χ2v) is 10.7. The third kappa shape index (κ3) is 3.78. The molecule has 29 heavy (non-hydrogen) atoms. The van der Waals surface area contributed by atoms with Crippen LogP contribution in [0.1, 0.15) is 12.0 Å². The highest BCUT2D eigenvalue weighted by Crippen LogP contribution is 2.28. The van der Waals surface area contributed by atoms with E-state index in [4.69, 9.17) is 0 Å². The smallest absolute Gasteiger partial charge is 0.244 e. The topological polar surface area (TPSA) is 117 Å². The Morgan fingerprint density at radius 2 is 1.52 bits per heavy atom. The van der Waals surface area contributed by atoms with E-state index in [1.807, 2.05) is 0 Å². The average Bonchev–Trinajstić information content (AvgIpc) is 2.74. The van der Waals surface area contributed by atoms with Gasteiger partial charge >= 0.3 is 0 Å². The summed E-state index contributed by atoms with van der Waals surface area (Å²) < 4.78 is 54.0. The van der Waals surface area contributed by atoms with Gasteiger partial charge in [0.1, 0.15) is 4.90 Å². The second kappa shape index (κ2) is 7.48. The SMILES string of the molecule is O=C1CCc2cc(S(=O)(=O)N3CCN(S(=O)(=O)c4cccnc4)CC3)ccc2N1. The van der Waals surface area contributed by atoms with Gasteiger partial charge in [-0.3, -0.25) is 9.78 Å². The number of hydrogen-bond donors (Lipinski definition) is 1. The molecule has 154 valence electrons. The summed E-state index contributed by atoms with van der Waals surface area (Å²) in [5, 5.41) is 2.73. The van der Waals surface area contributed by atoms with Crippen LogP contribution in [0, 0.1) is 0 Å². The van der Waals surface area contributed by atoms with Crippen molar-refractivity contribution in [2.24, 2.45) is 0 Å². The number of pyridine rings is 1. The molecule has 1 aromatic carbocycles. The number of piperazine rings is 1. The number of fused-ring (bicyclic) bond motifs is 1. The molecule has 1 fully saturated rings. The molecule has 2 aliphatic rings. The van der Waals surface area contributed by atoms with Crippen LogP contribution in [0.2, 0.25) is 0 Å². The van der Waals surface area contributed by atoms with Gasteiger partial charge in [0.2, 0.25) is 26.0 Å². The monoisotopic (exact) mass is 436 g/mol. The van der Waals surface area contributed by atoms with E-state index in [1.165, 1.54) is 33.1 Å². The first-order chi connectivity index (χ1) is 13.8. The molecule has 2 aromatic rings. The lowest BCUT2D eigenvalue weighted by atomic mass is 10.0. The Morgan fingerprint density at radius 3 is 2.14 bits per heavy atom. The zero-order valence-corrected chi connectivity index (χ0v) is 17.1. The number of rotatable bonds is 4. The molecule has 0 aliphatic carbocycles. The predicted octanol–water partition coefficient (Wildman–Crippen LogP) is 0.661. The highest BCUT2D eigenvalue weighted by atomic mass is 32.2. The van der Waals surface area contributed by atoms with Crippen molar-refractivity contribution in [3.05, 3.63) is 48.3 Å². The summed E-state index contributed by atoms with van der Waals surface area (Å²) in [7, 11) is -7.46. The van der Waals surface area contributed by atoms with Crippen LogP contribution in [0.4, 0.5) is 5.69 Å². The zero-order chi connectivity index (χ0) is 20.6. The molecular formula is C18H20N4O5S2. The normalized spacial score (nSPS) is 18.8. The van der Waals surface area contributed by atoms with Gasteiger partial charge in [-0.25, -0.2) is 16.8 Å². The summed E-state index contributed by atoms with van der Waals surface area (Å²) in [5.74, 6) is -0.0842. The maximum absolute atomic E-state index is 13.0. The maximum atomic E-state index is 13.0. The maximum Gasteiger partial charge on any atom is 0.244 e. The number of amides is 1. The number of aromatic nitrogens is 1. The Hall–Kier alpha value is -2.34. The van der Waals surface area contributed by atoms with Crippen molar-refractivity contribution in [3.63, 3.8) is 0 Å². The highest BCUT2D eigenvalue weighted by Gasteiger charge is 2.34. The molecule has 4 rings (SSSR count). The Bertz CT molecular complexity index is 1140. The molecule has 1 aromatic heterocycles. The van der Waals surface area contributed by atoms with Crippen LogP contribution < -0.4 is 5.32 Å². The number of sulfonamides is 2. The molecule has 1 N–H and O–H groups in total. The van der Waals surface area contributed by atoms with E-state index in [2.05, 4.69) is 10.3 Å². The highest BCUT2D eigenvalue weighted by molar-refractivity contribution is 7.89. The number of carbonyl (C=O) groups excluding carboxylic acids is 1. The summed E-state index contributed by atoms with van der Waals surface area (Å²) in [6.45, 7) is 0.264. The van der Waals surface area contributed by atoms with Crippen LogP contribution >= 0.6 is 0 Å². The van der Waals surface area contributed by atoms with Crippen molar-refractivity contribution in [1.82, 2.24) is 13.6 Å². The summed E-state index contributed by atoms with van der Waals surface area (Å²) in [6.07, 6.45) is 3.58. The van der Waals surface area contributed by atoms with E-state index < -0.39 is 20.0 Å². The molecule has 0 radical (unpaired) electrons. The largest absolute Gasteiger partial charge is 0.326 e. The molecular weight excluding hydrogens is 416 g/mol. The summed E-state index contributed by atoms with van der Waals surface area (Å²) in [6, 6.07) is 7.67. The van der Waals surface area contributed by atoms with Crippen molar-refractivity contribution < 1.29 is 21.6 Å². The standard InChI is InChI=1S/C18H20N4O5S2/c23-18-6-3-14-12-15(4-5-17(14)20-18)28(24,25)21-8-10-22(11-9-21)29(26,27)16-2-1-7-19-13-16/h1-2,4-5,7,12-13H,3,6,8-11H2,(H,20,23). The average molecular weight is 437 g/mol. The molecule has 0 bridgehead atoms. The van der Waals surface area contributed by atoms with Crippen molar-refractivity contribution >= 4 is 31.6 Å². The Morgan fingerprint density at radius 1 is 0.862 bits per heavy atom. The molecule has 1 amide bonds. The molecule has 0 atom stereocenters. The Labute approximate surface area is 169 Å². The van der Waals surface area contributed by atoms with Crippen molar-refractivity contribution in [3.8, 4) is 0 Å². The molecule has 0 saturated carbocycles. The first-order valence-corrected chi connectivity index (χ1v) is 12.0. The number of nitrogens with one attached hydrogen (secondary N) is 1. The van der Waals surface area contributed by atoms with Crippen molar-refractivity contribution in [1.29, 1.82) is 0 Å². The molecule has 9 nitrogen and oxygen atoms in total. The Balaban J connectivity index is 1.50. The number of aryl methyl sites for hydroxylation is 1. The number of nitrogens with zero attached hydrogens (tertiary/aromatic N) is 3. The number of carbonyl (C=O) groups is 1. The van der Waals surface area contributed by atoms with Crippen LogP contribution in [0.5, 0.6) is 0 Å². The van der Waals surface area contributed by atoms with Gasteiger partial charge in [0.15, 0.2) is 0 Å². The second-order valence-electron chi connectivity index (χ2n) is 6.86. The van der Waals surface area contributed by atoms with Gasteiger partial charge in [-0.05, 0) is 42.3 Å². The third-order valence-electron chi connectivity index (χ3n) is 5.08. The molecule has 1 saturated heterocycles. The van der Waals surface area contributed by atoms with E-state index in [-0.39, 0.29) is 41.9 Å². The summed E-state index contributed by atoms with van der Waals surface area (Å²) in [4.78, 5) is 15.6. The lowest BCUT2D eigenvalue weighted by Crippen LogP contribution is -2.50. The minimum absolute atomic E-state index is 0.0651. The van der Waals surface area contributed by atoms with Gasteiger partial charge in [0, 0.05) is 50.7 Å². The predicted molar refractivity (Wildman–Crippen MR) is 105 cm³/mol. The van der Waals surface area contributed by atoms with Crippen molar-refractivity contribution in [2.45, 2.75) is 22.6 Å². The van der Waals surface area contributed by atoms with E-state index in [9.17, 15) is 21.6 Å². The molecule has 0 spiro atoms. The van der Waals surface area contributed by atoms with E-state index in [1.54, 1.807) is 18.2 Å². The quantitative estimate of drug-likeness (QED) is 0.753. The van der Waals surface area contributed by atoms with Gasteiger partial charge in [-0.1, -0.05) is 0 Å². The molecule has 11 heteroatoms. The summed E-state index contributed by atoms with van der Waals surface area (Å²) >= 11 is 0. The van der Waals surface area contributed by atoms with Gasteiger partial charge in [-0.2, -0.15) is 8.61 Å². The molecule has 3 heterocycles. The number of hydrogen-bond acceptors (Lipinski definition) is 6. The van der Waals surface area contributed by atoms with Crippen LogP contribution in [-0.4, -0.2) is 62.5 Å². The van der Waals surface area contributed by atoms with Gasteiger partial charge in [0.05, 0.1) is 4.90 Å². The van der Waals surface area contributed by atoms with Crippen LogP contribution in [0.3, 0.4) is 0 Å². The third-order valence-corrected chi connectivity index (χ3v) is 8.86. The minimum Gasteiger partial charge on any atom is -0.326 e. The summed E-state index contributed by atoms with van der Waals surface area (Å²) in [5.41, 5.74) is 1.41. The molecule has 2 aliphatic heterocycles. The van der Waals surface area contributed by atoms with Gasteiger partial charge < -0.3 is 5.32 Å². The zero-order valence-electron chi connectivity index (χ0n) is 15.5. The van der Waals surface area contributed by atoms with Crippen LogP contribution in [-0.2, 0) is 31.3 Å². The first-order valence-electron chi connectivity index (χ1n) is 9.11. The number of benzene rings is 1. The van der Waals surface area contributed by atoms with Crippen LogP contribution in [0.15, 0.2) is 52.5 Å². The van der Waals surface area contributed by atoms with E-state index in [0.29, 0.717) is 18.5 Å². The van der Waals surface area contributed by atoms with Crippen molar-refractivity contribution in [2.75, 3.05) is 31.5 Å². The number of anilines is 1. The Kier molecular flexibility index (Phi) is 5.15. The first kappa shape index (κ1) is 20.0. The lowest BCUT2D eigenvalue weighted by Gasteiger charge is -2.33. The molecule has 0 unspecified atom stereocenters. The van der Waals surface area contributed by atoms with Gasteiger partial charge in [0.25, 0.3) is 0 Å². The fourth-order valence-electron chi connectivity index (χ4n) is 3.47. The lowest BCUT2D eigenvalue weighted by molar-refractivity contribution is -0.116. The van der Waals surface area contributed by atoms with Gasteiger partial charge in [-0.15, -0.1) is 0 Å². The van der Waals surface area contributed by atoms with E-state index in [0.717, 1.165) is 5.56 Å². The fraction of sp³-hybridized carbons (Fsp3) is 0.333. The van der Waals surface area contributed by atoms with E-state index >= 15 is 0 Å². The van der Waals surface area contributed by atoms with Crippen LogP contribution in [0.25, 0.3) is 0 Å². The minimum atomic E-state index is -3.76. The fourth-order valence-corrected chi connectivity index (χ4v) is 6.33.